The van der Waals surface area contributed by atoms with Gasteiger partial charge in [-0.25, -0.2) is 0 Å². The topological polar surface area (TPSA) is 49.3 Å². The maximum Gasteiger partial charge on any atom is 0.251 e. The smallest absolute Gasteiger partial charge is 0.251 e. The Morgan fingerprint density at radius 3 is 2.43 bits per heavy atom. The summed E-state index contributed by atoms with van der Waals surface area (Å²) in [5.41, 5.74) is 1.44. The number of carbonyl (C=O) groups excluding carboxylic acids is 1. The summed E-state index contributed by atoms with van der Waals surface area (Å²) in [4.78, 5) is 11.4. The fourth-order valence-corrected chi connectivity index (χ4v) is 1.18. The first kappa shape index (κ1) is 10.7. The molecule has 0 aromatic heterocycles. The minimum Gasteiger partial charge on any atom is -0.389 e. The molecule has 0 spiro atoms. The van der Waals surface area contributed by atoms with Crippen LogP contribution in [0.3, 0.4) is 0 Å². The molecule has 0 aliphatic carbocycles. The van der Waals surface area contributed by atoms with Gasteiger partial charge in [0, 0.05) is 12.1 Å². The first-order valence-electron chi connectivity index (χ1n) is 4.71. The van der Waals surface area contributed by atoms with Crippen LogP contribution >= 0.6 is 0 Å². The van der Waals surface area contributed by atoms with Crippen LogP contribution < -0.4 is 5.32 Å². The van der Waals surface area contributed by atoms with E-state index in [4.69, 9.17) is 0 Å². The molecule has 76 valence electrons. The van der Waals surface area contributed by atoms with Crippen LogP contribution in [0.1, 0.15) is 35.9 Å². The lowest BCUT2D eigenvalue weighted by atomic mass is 10.1. The molecular formula is C11H15NO2. The van der Waals surface area contributed by atoms with Gasteiger partial charge in [-0.05, 0) is 31.5 Å². The summed E-state index contributed by atoms with van der Waals surface area (Å²) in [6.07, 6.45) is -0.488. The lowest BCUT2D eigenvalue weighted by Gasteiger charge is -2.06. The van der Waals surface area contributed by atoms with Gasteiger partial charge in [-0.2, -0.15) is 0 Å². The number of aliphatic hydroxyl groups is 1. The molecule has 0 fully saturated rings. The van der Waals surface area contributed by atoms with Crippen molar-refractivity contribution >= 4 is 5.91 Å². The molecule has 0 heterocycles. The maximum absolute atomic E-state index is 11.4. The number of hydrogen-bond donors (Lipinski definition) is 2. The van der Waals surface area contributed by atoms with Gasteiger partial charge >= 0.3 is 0 Å². The average Bonchev–Trinajstić information content (AvgIpc) is 2.18. The molecule has 3 heteroatoms. The van der Waals surface area contributed by atoms with Gasteiger partial charge in [-0.15, -0.1) is 0 Å². The van der Waals surface area contributed by atoms with Crippen LogP contribution in [0, 0.1) is 0 Å². The summed E-state index contributed by atoms with van der Waals surface area (Å²) in [7, 11) is 0. The Bertz CT molecular complexity index is 304. The summed E-state index contributed by atoms with van der Waals surface area (Å²) < 4.78 is 0. The minimum absolute atomic E-state index is 0.0790. The van der Waals surface area contributed by atoms with E-state index in [2.05, 4.69) is 5.32 Å². The van der Waals surface area contributed by atoms with Gasteiger partial charge in [0.05, 0.1) is 6.10 Å². The fourth-order valence-electron chi connectivity index (χ4n) is 1.18. The third kappa shape index (κ3) is 2.57. The third-order valence-corrected chi connectivity index (χ3v) is 1.99. The van der Waals surface area contributed by atoms with Crippen molar-refractivity contribution < 1.29 is 9.90 Å². The Morgan fingerprint density at radius 2 is 2.00 bits per heavy atom. The van der Waals surface area contributed by atoms with E-state index in [1.54, 1.807) is 31.2 Å². The second-order valence-corrected chi connectivity index (χ2v) is 3.16. The van der Waals surface area contributed by atoms with E-state index in [0.717, 1.165) is 5.56 Å². The van der Waals surface area contributed by atoms with Crippen molar-refractivity contribution in [2.45, 2.75) is 20.0 Å². The number of amides is 1. The normalized spacial score (nSPS) is 12.2. The standard InChI is InChI=1S/C11H15NO2/c1-3-12-11(14)10-6-4-9(5-7-10)8(2)13/h4-8,13H,3H2,1-2H3,(H,12,14). The summed E-state index contributed by atoms with van der Waals surface area (Å²) >= 11 is 0. The van der Waals surface area contributed by atoms with E-state index in [9.17, 15) is 9.90 Å². The van der Waals surface area contributed by atoms with E-state index in [0.29, 0.717) is 12.1 Å². The maximum atomic E-state index is 11.4. The highest BCUT2D eigenvalue weighted by Gasteiger charge is 2.05. The number of benzene rings is 1. The molecule has 3 nitrogen and oxygen atoms in total. The first-order valence-corrected chi connectivity index (χ1v) is 4.71. The quantitative estimate of drug-likeness (QED) is 0.764. The van der Waals surface area contributed by atoms with Crippen LogP contribution in [0.15, 0.2) is 24.3 Å². The van der Waals surface area contributed by atoms with Gasteiger partial charge in [-0.3, -0.25) is 4.79 Å². The molecule has 14 heavy (non-hydrogen) atoms. The van der Waals surface area contributed by atoms with Crippen LogP contribution in [0.25, 0.3) is 0 Å². The Hall–Kier alpha value is -1.35. The minimum atomic E-state index is -0.488. The largest absolute Gasteiger partial charge is 0.389 e. The van der Waals surface area contributed by atoms with Crippen molar-refractivity contribution in [1.29, 1.82) is 0 Å². The van der Waals surface area contributed by atoms with E-state index in [-0.39, 0.29) is 5.91 Å². The van der Waals surface area contributed by atoms with Gasteiger partial charge in [0.2, 0.25) is 0 Å². The molecule has 0 bridgehead atoms. The average molecular weight is 193 g/mol. The lowest BCUT2D eigenvalue weighted by Crippen LogP contribution is -2.22. The third-order valence-electron chi connectivity index (χ3n) is 1.99. The van der Waals surface area contributed by atoms with Gasteiger partial charge < -0.3 is 10.4 Å². The SMILES string of the molecule is CCNC(=O)c1ccc(C(C)O)cc1. The monoisotopic (exact) mass is 193 g/mol. The summed E-state index contributed by atoms with van der Waals surface area (Å²) in [6, 6.07) is 6.95. The number of carbonyl (C=O) groups is 1. The Kier molecular flexibility index (Phi) is 3.65. The van der Waals surface area contributed by atoms with Crippen LogP contribution in [-0.2, 0) is 0 Å². The molecule has 1 unspecified atom stereocenters. The number of nitrogens with one attached hydrogen (secondary N) is 1. The molecule has 0 aliphatic heterocycles. The molecule has 1 rings (SSSR count). The van der Waals surface area contributed by atoms with Gasteiger partial charge in [0.1, 0.15) is 0 Å². The van der Waals surface area contributed by atoms with Crippen LogP contribution in [0.5, 0.6) is 0 Å². The molecule has 0 saturated carbocycles. The zero-order valence-corrected chi connectivity index (χ0v) is 8.45. The van der Waals surface area contributed by atoms with Crippen molar-refractivity contribution in [2.24, 2.45) is 0 Å². The van der Waals surface area contributed by atoms with E-state index in [1.807, 2.05) is 6.92 Å². The van der Waals surface area contributed by atoms with Crippen molar-refractivity contribution in [3.8, 4) is 0 Å². The molecule has 0 saturated heterocycles. The summed E-state index contributed by atoms with van der Waals surface area (Å²) in [5.74, 6) is -0.0790. The molecule has 1 atom stereocenters. The highest BCUT2D eigenvalue weighted by atomic mass is 16.3. The predicted molar refractivity (Wildman–Crippen MR) is 55.1 cm³/mol. The Morgan fingerprint density at radius 1 is 1.43 bits per heavy atom. The van der Waals surface area contributed by atoms with Crippen LogP contribution in [0.4, 0.5) is 0 Å². The molecule has 2 N–H and O–H groups in total. The zero-order chi connectivity index (χ0) is 10.6. The van der Waals surface area contributed by atoms with Gasteiger partial charge in [0.25, 0.3) is 5.91 Å². The van der Waals surface area contributed by atoms with E-state index in [1.165, 1.54) is 0 Å². The molecule has 0 radical (unpaired) electrons. The predicted octanol–water partition coefficient (Wildman–Crippen LogP) is 1.49. The number of rotatable bonds is 3. The summed E-state index contributed by atoms with van der Waals surface area (Å²) in [5, 5.41) is 12.0. The second kappa shape index (κ2) is 4.77. The van der Waals surface area contributed by atoms with Crippen molar-refractivity contribution in [3.05, 3.63) is 35.4 Å². The van der Waals surface area contributed by atoms with E-state index >= 15 is 0 Å². The fraction of sp³-hybridized carbons (Fsp3) is 0.364. The van der Waals surface area contributed by atoms with Crippen LogP contribution in [0.2, 0.25) is 0 Å². The van der Waals surface area contributed by atoms with Crippen molar-refractivity contribution in [2.75, 3.05) is 6.54 Å². The zero-order valence-electron chi connectivity index (χ0n) is 8.45. The van der Waals surface area contributed by atoms with Gasteiger partial charge in [-0.1, -0.05) is 12.1 Å². The molecule has 1 aromatic carbocycles. The lowest BCUT2D eigenvalue weighted by molar-refractivity contribution is 0.0955. The second-order valence-electron chi connectivity index (χ2n) is 3.16. The highest BCUT2D eigenvalue weighted by molar-refractivity contribution is 5.94. The highest BCUT2D eigenvalue weighted by Crippen LogP contribution is 2.12. The molecule has 1 aromatic rings. The molecule has 1 amide bonds. The molecule has 0 aliphatic rings. The summed E-state index contributed by atoms with van der Waals surface area (Å²) in [6.45, 7) is 4.19. The van der Waals surface area contributed by atoms with Gasteiger partial charge in [0.15, 0.2) is 0 Å². The van der Waals surface area contributed by atoms with Crippen molar-refractivity contribution in [3.63, 3.8) is 0 Å². The first-order chi connectivity index (χ1) is 6.65. The van der Waals surface area contributed by atoms with Crippen molar-refractivity contribution in [1.82, 2.24) is 5.32 Å². The van der Waals surface area contributed by atoms with E-state index < -0.39 is 6.10 Å². The molecular weight excluding hydrogens is 178 g/mol. The Labute approximate surface area is 83.8 Å². The van der Waals surface area contributed by atoms with Crippen LogP contribution in [-0.4, -0.2) is 17.6 Å². The number of hydrogen-bond acceptors (Lipinski definition) is 2. The number of aliphatic hydroxyl groups excluding tert-OH is 1. The Balaban J connectivity index is 2.78.